The first-order valence-electron chi connectivity index (χ1n) is 6.05. The highest BCUT2D eigenvalue weighted by atomic mass is 32.2. The van der Waals surface area contributed by atoms with Gasteiger partial charge in [-0.2, -0.15) is 0 Å². The van der Waals surface area contributed by atoms with Gasteiger partial charge in [0.1, 0.15) is 5.54 Å². The van der Waals surface area contributed by atoms with Crippen LogP contribution in [0.15, 0.2) is 29.4 Å². The predicted molar refractivity (Wildman–Crippen MR) is 73.4 cm³/mol. The van der Waals surface area contributed by atoms with Crippen LogP contribution in [0.25, 0.3) is 0 Å². The second-order valence-electron chi connectivity index (χ2n) is 4.27. The molecule has 0 spiro atoms. The summed E-state index contributed by atoms with van der Waals surface area (Å²) in [5, 5.41) is 0. The van der Waals surface area contributed by atoms with E-state index in [1.54, 1.807) is 38.0 Å². The molecule has 0 bridgehead atoms. The van der Waals surface area contributed by atoms with Crippen LogP contribution in [0.3, 0.4) is 0 Å². The van der Waals surface area contributed by atoms with Crippen LogP contribution in [0, 0.1) is 0 Å². The molecule has 1 atom stereocenters. The van der Waals surface area contributed by atoms with E-state index >= 15 is 0 Å². The molecule has 1 aromatic rings. The van der Waals surface area contributed by atoms with Crippen molar-refractivity contribution in [2.45, 2.75) is 37.1 Å². The Morgan fingerprint density at radius 3 is 2.78 bits per heavy atom. The summed E-state index contributed by atoms with van der Waals surface area (Å²) < 4.78 is 4.94. The van der Waals surface area contributed by atoms with Crippen LogP contribution in [0.2, 0.25) is 0 Å². The van der Waals surface area contributed by atoms with E-state index in [1.165, 1.54) is 4.90 Å². The Morgan fingerprint density at radius 2 is 2.17 bits per heavy atom. The molecule has 0 aliphatic carbocycles. The van der Waals surface area contributed by atoms with Crippen LogP contribution in [0.5, 0.6) is 0 Å². The van der Waals surface area contributed by atoms with Gasteiger partial charge in [-0.15, -0.1) is 11.8 Å². The van der Waals surface area contributed by atoms with Crippen LogP contribution in [0.4, 0.5) is 0 Å². The topological polar surface area (TPSA) is 65.2 Å². The van der Waals surface area contributed by atoms with Gasteiger partial charge in [0.15, 0.2) is 0 Å². The number of thioether (sulfide) groups is 1. The highest BCUT2D eigenvalue weighted by Gasteiger charge is 2.28. The first kappa shape index (κ1) is 15.0. The Bertz CT molecular complexity index is 369. The highest BCUT2D eigenvalue weighted by molar-refractivity contribution is 7.99. The van der Waals surface area contributed by atoms with E-state index in [1.807, 2.05) is 12.1 Å². The monoisotopic (exact) mass is 268 g/mol. The van der Waals surface area contributed by atoms with Crippen molar-refractivity contribution in [2.75, 3.05) is 12.4 Å². The number of aromatic nitrogens is 1. The van der Waals surface area contributed by atoms with E-state index in [9.17, 15) is 4.79 Å². The van der Waals surface area contributed by atoms with Gasteiger partial charge in [0, 0.05) is 17.3 Å². The minimum Gasteiger partial charge on any atom is -0.465 e. The normalized spacial score (nSPS) is 13.9. The predicted octanol–water partition coefficient (Wildman–Crippen LogP) is 2.23. The summed E-state index contributed by atoms with van der Waals surface area (Å²) in [6.45, 7) is 3.88. The minimum atomic E-state index is -0.880. The summed E-state index contributed by atoms with van der Waals surface area (Å²) in [4.78, 5) is 16.7. The third kappa shape index (κ3) is 5.06. The number of hydrogen-bond acceptors (Lipinski definition) is 5. The molecular formula is C13H20N2O2S. The molecule has 5 heteroatoms. The largest absolute Gasteiger partial charge is 0.465 e. The van der Waals surface area contributed by atoms with Crippen LogP contribution in [-0.2, 0) is 9.53 Å². The van der Waals surface area contributed by atoms with Gasteiger partial charge in [0.2, 0.25) is 0 Å². The highest BCUT2D eigenvalue weighted by Crippen LogP contribution is 2.20. The molecule has 0 amide bonds. The van der Waals surface area contributed by atoms with Crippen molar-refractivity contribution in [1.82, 2.24) is 4.98 Å². The molecule has 0 aliphatic heterocycles. The molecule has 0 radical (unpaired) electrons. The Hall–Kier alpha value is -1.07. The molecule has 2 N–H and O–H groups in total. The van der Waals surface area contributed by atoms with Crippen molar-refractivity contribution < 1.29 is 9.53 Å². The molecule has 0 aromatic carbocycles. The van der Waals surface area contributed by atoms with Gasteiger partial charge in [-0.05, 0) is 44.6 Å². The summed E-state index contributed by atoms with van der Waals surface area (Å²) >= 11 is 1.74. The van der Waals surface area contributed by atoms with Crippen molar-refractivity contribution in [3.05, 3.63) is 24.5 Å². The van der Waals surface area contributed by atoms with E-state index < -0.39 is 5.54 Å². The molecule has 0 saturated carbocycles. The number of carbonyl (C=O) groups is 1. The lowest BCUT2D eigenvalue weighted by atomic mass is 9.98. The Balaban J connectivity index is 2.27. The molecular weight excluding hydrogens is 248 g/mol. The number of ether oxygens (including phenoxy) is 1. The zero-order valence-corrected chi connectivity index (χ0v) is 11.7. The SMILES string of the molecule is CCOC(=O)C(C)(N)CCCSc1ccncc1. The first-order valence-corrected chi connectivity index (χ1v) is 7.04. The van der Waals surface area contributed by atoms with Crippen molar-refractivity contribution in [3.8, 4) is 0 Å². The molecule has 4 nitrogen and oxygen atoms in total. The maximum absolute atomic E-state index is 11.6. The third-order valence-electron chi connectivity index (χ3n) is 2.50. The van der Waals surface area contributed by atoms with Crippen molar-refractivity contribution >= 4 is 17.7 Å². The standard InChI is InChI=1S/C13H20N2O2S/c1-3-17-12(16)13(2,14)7-4-10-18-11-5-8-15-9-6-11/h5-6,8-9H,3-4,7,10,14H2,1-2H3. The summed E-state index contributed by atoms with van der Waals surface area (Å²) in [6.07, 6.45) is 5.05. The number of esters is 1. The lowest BCUT2D eigenvalue weighted by Crippen LogP contribution is -2.46. The van der Waals surface area contributed by atoms with Gasteiger partial charge in [0.05, 0.1) is 6.61 Å². The van der Waals surface area contributed by atoms with Gasteiger partial charge in [-0.1, -0.05) is 0 Å². The number of nitrogens with two attached hydrogens (primary N) is 1. The van der Waals surface area contributed by atoms with Gasteiger partial charge >= 0.3 is 5.97 Å². The maximum Gasteiger partial charge on any atom is 0.325 e. The van der Waals surface area contributed by atoms with E-state index in [0.29, 0.717) is 13.0 Å². The van der Waals surface area contributed by atoms with Crippen LogP contribution in [0.1, 0.15) is 26.7 Å². The van der Waals surface area contributed by atoms with E-state index in [4.69, 9.17) is 10.5 Å². The zero-order chi connectivity index (χ0) is 13.4. The molecule has 0 aliphatic rings. The lowest BCUT2D eigenvalue weighted by molar-refractivity contribution is -0.149. The average molecular weight is 268 g/mol. The molecule has 1 rings (SSSR count). The summed E-state index contributed by atoms with van der Waals surface area (Å²) in [7, 11) is 0. The first-order chi connectivity index (χ1) is 8.56. The van der Waals surface area contributed by atoms with Gasteiger partial charge < -0.3 is 10.5 Å². The van der Waals surface area contributed by atoms with Crippen molar-refractivity contribution in [1.29, 1.82) is 0 Å². The lowest BCUT2D eigenvalue weighted by Gasteiger charge is -2.21. The minimum absolute atomic E-state index is 0.320. The number of rotatable bonds is 7. The van der Waals surface area contributed by atoms with Gasteiger partial charge in [-0.25, -0.2) is 0 Å². The number of carbonyl (C=O) groups excluding carboxylic acids is 1. The summed E-state index contributed by atoms with van der Waals surface area (Å²) in [5.74, 6) is 0.606. The van der Waals surface area contributed by atoms with E-state index in [-0.39, 0.29) is 5.97 Å². The fourth-order valence-electron chi connectivity index (χ4n) is 1.46. The summed E-state index contributed by atoms with van der Waals surface area (Å²) in [6, 6.07) is 3.94. The number of nitrogens with zero attached hydrogens (tertiary/aromatic N) is 1. The second-order valence-corrected chi connectivity index (χ2v) is 5.44. The molecule has 1 aromatic heterocycles. The molecule has 18 heavy (non-hydrogen) atoms. The third-order valence-corrected chi connectivity index (χ3v) is 3.60. The maximum atomic E-state index is 11.6. The fourth-order valence-corrected chi connectivity index (χ4v) is 2.30. The van der Waals surface area contributed by atoms with Crippen LogP contribution >= 0.6 is 11.8 Å². The van der Waals surface area contributed by atoms with E-state index in [2.05, 4.69) is 4.98 Å². The number of hydrogen-bond donors (Lipinski definition) is 1. The van der Waals surface area contributed by atoms with Crippen molar-refractivity contribution in [2.24, 2.45) is 5.73 Å². The van der Waals surface area contributed by atoms with Crippen LogP contribution in [-0.4, -0.2) is 28.9 Å². The molecule has 0 fully saturated rings. The number of pyridine rings is 1. The second kappa shape index (κ2) is 7.38. The quantitative estimate of drug-likeness (QED) is 0.467. The summed E-state index contributed by atoms with van der Waals surface area (Å²) in [5.41, 5.74) is 5.05. The van der Waals surface area contributed by atoms with E-state index in [0.717, 1.165) is 12.2 Å². The smallest absolute Gasteiger partial charge is 0.325 e. The Morgan fingerprint density at radius 1 is 1.50 bits per heavy atom. The Labute approximate surface area is 112 Å². The molecule has 0 saturated heterocycles. The molecule has 100 valence electrons. The van der Waals surface area contributed by atoms with Gasteiger partial charge in [-0.3, -0.25) is 9.78 Å². The zero-order valence-electron chi connectivity index (χ0n) is 10.9. The Kier molecular flexibility index (Phi) is 6.15. The van der Waals surface area contributed by atoms with Crippen LogP contribution < -0.4 is 5.73 Å². The fraction of sp³-hybridized carbons (Fsp3) is 0.538. The molecule has 1 heterocycles. The van der Waals surface area contributed by atoms with Crippen molar-refractivity contribution in [3.63, 3.8) is 0 Å². The molecule has 1 unspecified atom stereocenters. The average Bonchev–Trinajstić information content (AvgIpc) is 2.36. The van der Waals surface area contributed by atoms with Gasteiger partial charge in [0.25, 0.3) is 0 Å².